The highest BCUT2D eigenvalue weighted by Crippen LogP contribution is 2.42. The van der Waals surface area contributed by atoms with Crippen molar-refractivity contribution in [3.63, 3.8) is 0 Å². The molecule has 3 aliphatic carbocycles. The summed E-state index contributed by atoms with van der Waals surface area (Å²) in [5.74, 6) is 0.678. The monoisotopic (exact) mass is 499 g/mol. The maximum atomic E-state index is 13.9. The molecule has 1 heterocycles. The van der Waals surface area contributed by atoms with E-state index in [9.17, 15) is 18.5 Å². The lowest BCUT2D eigenvalue weighted by Crippen LogP contribution is -2.46. The van der Waals surface area contributed by atoms with Crippen molar-refractivity contribution in [3.8, 4) is 0 Å². The Morgan fingerprint density at radius 2 is 1.68 bits per heavy atom. The molecule has 3 fully saturated rings. The van der Waals surface area contributed by atoms with Crippen LogP contribution in [0.1, 0.15) is 84.0 Å². The zero-order valence-corrected chi connectivity index (χ0v) is 21.6. The fourth-order valence-corrected chi connectivity index (χ4v) is 8.73. The predicted molar refractivity (Wildman–Crippen MR) is 130 cm³/mol. The van der Waals surface area contributed by atoms with E-state index >= 15 is 0 Å². The first-order valence-electron chi connectivity index (χ1n) is 13.0. The largest absolute Gasteiger partial charge is 0.379 e. The highest BCUT2D eigenvalue weighted by molar-refractivity contribution is 7.89. The second kappa shape index (κ2) is 10.8. The summed E-state index contributed by atoms with van der Waals surface area (Å²) in [5, 5.41) is 15.9. The van der Waals surface area contributed by atoms with E-state index in [4.69, 9.17) is 14.6 Å². The van der Waals surface area contributed by atoms with Gasteiger partial charge in [-0.05, 0) is 69.6 Å². The number of hydrazone groups is 1. The Balaban J connectivity index is 1.58. The zero-order chi connectivity index (χ0) is 24.5. The second-order valence-electron chi connectivity index (χ2n) is 11.0. The molecule has 0 bridgehead atoms. The van der Waals surface area contributed by atoms with Crippen molar-refractivity contribution in [1.29, 1.82) is 0 Å². The van der Waals surface area contributed by atoms with E-state index in [2.05, 4.69) is 6.92 Å². The minimum atomic E-state index is -3.61. The van der Waals surface area contributed by atoms with E-state index < -0.39 is 21.3 Å². The Hall–Kier alpha value is -1.26. The summed E-state index contributed by atoms with van der Waals surface area (Å²) in [6, 6.07) is -0.888. The van der Waals surface area contributed by atoms with Gasteiger partial charge in [-0.2, -0.15) is 9.52 Å². The molecule has 0 aromatic carbocycles. The quantitative estimate of drug-likeness (QED) is 0.387. The lowest BCUT2D eigenvalue weighted by Gasteiger charge is -2.36. The molecule has 6 unspecified atom stereocenters. The molecule has 194 valence electrons. The van der Waals surface area contributed by atoms with Gasteiger partial charge in [0.15, 0.2) is 0 Å². The van der Waals surface area contributed by atoms with E-state index in [0.29, 0.717) is 38.0 Å². The fourth-order valence-electron chi connectivity index (χ4n) is 6.72. The molecule has 10 heteroatoms. The van der Waals surface area contributed by atoms with Gasteiger partial charge < -0.3 is 9.47 Å². The highest BCUT2D eigenvalue weighted by atomic mass is 32.2. The first kappa shape index (κ1) is 25.8. The molecular formula is C24H41N3O6S. The number of sulfonamides is 1. The van der Waals surface area contributed by atoms with Crippen molar-refractivity contribution in [2.75, 3.05) is 14.2 Å². The molecule has 0 radical (unpaired) electrons. The maximum Gasteiger partial charge on any atom is 0.252 e. The van der Waals surface area contributed by atoms with Crippen molar-refractivity contribution in [3.05, 3.63) is 10.1 Å². The van der Waals surface area contributed by atoms with Crippen molar-refractivity contribution >= 4 is 15.7 Å². The fraction of sp³-hybridized carbons (Fsp3) is 0.958. The van der Waals surface area contributed by atoms with Crippen LogP contribution in [0.5, 0.6) is 0 Å². The highest BCUT2D eigenvalue weighted by Gasteiger charge is 2.48. The molecule has 6 atom stereocenters. The van der Waals surface area contributed by atoms with E-state index in [1.807, 2.05) is 0 Å². The number of hydrogen-bond donors (Lipinski definition) is 0. The molecule has 34 heavy (non-hydrogen) atoms. The molecule has 0 amide bonds. The Labute approximate surface area is 203 Å². The number of hydrogen-bond acceptors (Lipinski definition) is 7. The summed E-state index contributed by atoms with van der Waals surface area (Å²) in [6.45, 7) is 2.18. The van der Waals surface area contributed by atoms with Gasteiger partial charge in [0.2, 0.25) is 6.04 Å². The summed E-state index contributed by atoms with van der Waals surface area (Å²) < 4.78 is 40.4. The zero-order valence-electron chi connectivity index (χ0n) is 20.8. The van der Waals surface area contributed by atoms with Crippen LogP contribution in [0.25, 0.3) is 0 Å². The van der Waals surface area contributed by atoms with Crippen LogP contribution in [0, 0.1) is 27.9 Å². The van der Waals surface area contributed by atoms with Gasteiger partial charge in [0.1, 0.15) is 0 Å². The maximum absolute atomic E-state index is 13.9. The van der Waals surface area contributed by atoms with Crippen LogP contribution in [-0.2, 0) is 19.5 Å². The van der Waals surface area contributed by atoms with Crippen molar-refractivity contribution in [2.45, 2.75) is 114 Å². The molecule has 0 aromatic rings. The van der Waals surface area contributed by atoms with Crippen LogP contribution in [0.2, 0.25) is 0 Å². The minimum absolute atomic E-state index is 0.0313. The number of nitro groups is 1. The van der Waals surface area contributed by atoms with Gasteiger partial charge >= 0.3 is 0 Å². The van der Waals surface area contributed by atoms with Gasteiger partial charge in [0, 0.05) is 50.0 Å². The van der Waals surface area contributed by atoms with Crippen molar-refractivity contribution < 1.29 is 22.8 Å². The van der Waals surface area contributed by atoms with E-state index in [0.717, 1.165) is 50.7 Å². The van der Waals surface area contributed by atoms with E-state index in [-0.39, 0.29) is 35.0 Å². The normalized spacial score (nSPS) is 39.6. The SMILES string of the molecule is COC1CCC(C2=NN(S(=O)(=O)C3CCC(C)CC3)C(C3CCCC([N+](=O)[O-])C3)C2)CC1OC. The summed E-state index contributed by atoms with van der Waals surface area (Å²) in [5.41, 5.74) is 0.928. The molecule has 0 N–H and O–H groups in total. The van der Waals surface area contributed by atoms with Crippen molar-refractivity contribution in [2.24, 2.45) is 22.9 Å². The first-order valence-corrected chi connectivity index (χ1v) is 14.5. The third-order valence-corrected chi connectivity index (χ3v) is 11.1. The Morgan fingerprint density at radius 3 is 2.32 bits per heavy atom. The lowest BCUT2D eigenvalue weighted by atomic mass is 9.77. The Bertz CT molecular complexity index is 857. The molecule has 4 rings (SSSR count). The van der Waals surface area contributed by atoms with Crippen LogP contribution in [-0.4, -0.2) is 67.2 Å². The summed E-state index contributed by atoms with van der Waals surface area (Å²) in [7, 11) is -0.211. The van der Waals surface area contributed by atoms with Crippen LogP contribution in [0.15, 0.2) is 5.10 Å². The Morgan fingerprint density at radius 1 is 0.971 bits per heavy atom. The van der Waals surface area contributed by atoms with Crippen LogP contribution in [0.3, 0.4) is 0 Å². The van der Waals surface area contributed by atoms with Gasteiger partial charge in [-0.3, -0.25) is 10.1 Å². The van der Waals surface area contributed by atoms with E-state index in [1.165, 1.54) is 4.41 Å². The molecule has 9 nitrogen and oxygen atoms in total. The molecule has 0 aromatic heterocycles. The third kappa shape index (κ3) is 5.28. The number of nitrogens with zero attached hydrogens (tertiary/aromatic N) is 3. The number of ether oxygens (including phenoxy) is 2. The summed E-state index contributed by atoms with van der Waals surface area (Å²) in [4.78, 5) is 11.3. The predicted octanol–water partition coefficient (Wildman–Crippen LogP) is 3.99. The molecule has 0 saturated heterocycles. The molecule has 4 aliphatic rings. The molecular weight excluding hydrogens is 458 g/mol. The van der Waals surface area contributed by atoms with Gasteiger partial charge in [-0.15, -0.1) is 0 Å². The standard InChI is InChI=1S/C24H41N3O6S/c1-16-7-10-20(11-8-16)34(30,31)26-22(18-5-4-6-19(13-18)27(28)29)15-21(25-26)17-9-12-23(32-2)24(14-17)33-3/h16-20,22-24H,4-15H2,1-3H3. The lowest BCUT2D eigenvalue weighted by molar-refractivity contribution is -0.528. The van der Waals surface area contributed by atoms with Crippen molar-refractivity contribution in [1.82, 2.24) is 4.41 Å². The molecule has 0 spiro atoms. The minimum Gasteiger partial charge on any atom is -0.379 e. The van der Waals surface area contributed by atoms with Crippen LogP contribution >= 0.6 is 0 Å². The first-order chi connectivity index (χ1) is 16.2. The second-order valence-corrected chi connectivity index (χ2v) is 13.1. The van der Waals surface area contributed by atoms with Crippen LogP contribution in [0.4, 0.5) is 0 Å². The van der Waals surface area contributed by atoms with E-state index in [1.54, 1.807) is 14.2 Å². The average Bonchev–Trinajstić information content (AvgIpc) is 3.30. The summed E-state index contributed by atoms with van der Waals surface area (Å²) >= 11 is 0. The Kier molecular flexibility index (Phi) is 8.19. The molecule has 1 aliphatic heterocycles. The van der Waals surface area contributed by atoms with Gasteiger partial charge in [-0.1, -0.05) is 6.92 Å². The molecule has 3 saturated carbocycles. The van der Waals surface area contributed by atoms with Crippen LogP contribution < -0.4 is 0 Å². The van der Waals surface area contributed by atoms with Gasteiger partial charge in [0.25, 0.3) is 10.0 Å². The van der Waals surface area contributed by atoms with Gasteiger partial charge in [0.05, 0.1) is 23.5 Å². The smallest absolute Gasteiger partial charge is 0.252 e. The average molecular weight is 500 g/mol. The van der Waals surface area contributed by atoms with Gasteiger partial charge in [-0.25, -0.2) is 8.42 Å². The summed E-state index contributed by atoms with van der Waals surface area (Å²) in [6.07, 6.45) is 8.87. The third-order valence-electron chi connectivity index (χ3n) is 8.91. The topological polar surface area (TPSA) is 111 Å². The number of rotatable bonds is 7. The number of methoxy groups -OCH3 is 2.